The van der Waals surface area contributed by atoms with Crippen LogP contribution >= 0.6 is 23.2 Å². The summed E-state index contributed by atoms with van der Waals surface area (Å²) < 4.78 is 5.32. The van der Waals surface area contributed by atoms with Crippen LogP contribution in [-0.2, 0) is 0 Å². The van der Waals surface area contributed by atoms with Crippen molar-refractivity contribution in [3.05, 3.63) is 76.3 Å². The first-order valence-electron chi connectivity index (χ1n) is 6.90. The molecule has 0 aromatic heterocycles. The predicted octanol–water partition coefficient (Wildman–Crippen LogP) is 3.63. The summed E-state index contributed by atoms with van der Waals surface area (Å²) in [6.45, 7) is 3.93. The topological polar surface area (TPSA) is 67.4 Å². The van der Waals surface area contributed by atoms with E-state index in [0.717, 1.165) is 0 Å². The summed E-state index contributed by atoms with van der Waals surface area (Å²) in [5.74, 6) is -0.380. The van der Waals surface area contributed by atoms with Crippen molar-refractivity contribution in [3.8, 4) is 5.75 Å². The highest BCUT2D eigenvalue weighted by Gasteiger charge is 2.10. The van der Waals surface area contributed by atoms with Crippen molar-refractivity contribution in [2.24, 2.45) is 0 Å². The lowest BCUT2D eigenvalue weighted by molar-refractivity contribution is 0.0846. The lowest BCUT2D eigenvalue weighted by atomic mass is 10.2. The van der Waals surface area contributed by atoms with Crippen molar-refractivity contribution in [1.29, 1.82) is 0 Å². The molecule has 0 saturated heterocycles. The van der Waals surface area contributed by atoms with E-state index in [1.165, 1.54) is 18.2 Å². The van der Waals surface area contributed by atoms with Crippen LogP contribution < -0.4 is 15.6 Å². The Bertz CT molecular complexity index is 741. The Labute approximate surface area is 149 Å². The fraction of sp³-hybridized carbons (Fsp3) is 0.0588. The monoisotopic (exact) mass is 364 g/mol. The highest BCUT2D eigenvalue weighted by Crippen LogP contribution is 2.18. The number of carbonyl (C=O) groups excluding carboxylic acids is 2. The van der Waals surface area contributed by atoms with Gasteiger partial charge in [-0.15, -0.1) is 0 Å². The molecule has 0 atom stereocenters. The molecule has 0 fully saturated rings. The standard InChI is InChI=1S/C17H14Cl2N2O3/c1-2-7-24-15-5-3-11(4-6-15)16(22)20-21-17(23)12-8-13(18)10-14(19)9-12/h2-6,8-10H,1,7H2,(H,20,22)(H,21,23). The molecule has 5 nitrogen and oxygen atoms in total. The van der Waals surface area contributed by atoms with Gasteiger partial charge in [0.2, 0.25) is 0 Å². The van der Waals surface area contributed by atoms with Crippen LogP contribution in [0.4, 0.5) is 0 Å². The molecule has 0 unspecified atom stereocenters. The Balaban J connectivity index is 1.94. The summed E-state index contributed by atoms with van der Waals surface area (Å²) in [5, 5.41) is 0.656. The van der Waals surface area contributed by atoms with Gasteiger partial charge in [-0.2, -0.15) is 0 Å². The van der Waals surface area contributed by atoms with Crippen molar-refractivity contribution in [2.45, 2.75) is 0 Å². The van der Waals surface area contributed by atoms with Gasteiger partial charge in [-0.3, -0.25) is 20.4 Å². The molecule has 124 valence electrons. The predicted molar refractivity (Wildman–Crippen MR) is 93.5 cm³/mol. The third-order valence-electron chi connectivity index (χ3n) is 2.90. The minimum Gasteiger partial charge on any atom is -0.490 e. The average Bonchev–Trinajstić information content (AvgIpc) is 2.57. The number of hydrazine groups is 1. The average molecular weight is 365 g/mol. The minimum atomic E-state index is -0.529. The van der Waals surface area contributed by atoms with Gasteiger partial charge in [-0.1, -0.05) is 35.9 Å². The lowest BCUT2D eigenvalue weighted by Crippen LogP contribution is -2.41. The third kappa shape index (κ3) is 5.01. The summed E-state index contributed by atoms with van der Waals surface area (Å²) in [4.78, 5) is 24.0. The zero-order valence-electron chi connectivity index (χ0n) is 12.5. The van der Waals surface area contributed by atoms with E-state index < -0.39 is 11.8 Å². The van der Waals surface area contributed by atoms with Gasteiger partial charge in [0.25, 0.3) is 11.8 Å². The van der Waals surface area contributed by atoms with Gasteiger partial charge in [-0.05, 0) is 42.5 Å². The van der Waals surface area contributed by atoms with Gasteiger partial charge < -0.3 is 4.74 Å². The number of carbonyl (C=O) groups is 2. The van der Waals surface area contributed by atoms with Crippen LogP contribution in [0.15, 0.2) is 55.1 Å². The van der Waals surface area contributed by atoms with Gasteiger partial charge >= 0.3 is 0 Å². The van der Waals surface area contributed by atoms with Crippen molar-refractivity contribution >= 4 is 35.0 Å². The number of hydrogen-bond donors (Lipinski definition) is 2. The van der Waals surface area contributed by atoms with Gasteiger partial charge in [0.15, 0.2) is 0 Å². The van der Waals surface area contributed by atoms with Crippen LogP contribution in [0, 0.1) is 0 Å². The Hall–Kier alpha value is -2.50. The fourth-order valence-electron chi connectivity index (χ4n) is 1.80. The van der Waals surface area contributed by atoms with E-state index >= 15 is 0 Å². The molecule has 0 aliphatic carbocycles. The van der Waals surface area contributed by atoms with Crippen LogP contribution in [0.1, 0.15) is 20.7 Å². The van der Waals surface area contributed by atoms with Crippen LogP contribution in [0.3, 0.4) is 0 Å². The summed E-state index contributed by atoms with van der Waals surface area (Å²) in [5.41, 5.74) is 5.22. The molecule has 0 bridgehead atoms. The van der Waals surface area contributed by atoms with Crippen molar-refractivity contribution in [3.63, 3.8) is 0 Å². The number of benzene rings is 2. The van der Waals surface area contributed by atoms with Gasteiger partial charge in [0.1, 0.15) is 12.4 Å². The number of amides is 2. The molecule has 2 amide bonds. The Morgan fingerprint density at radius 2 is 1.50 bits per heavy atom. The molecule has 0 radical (unpaired) electrons. The van der Waals surface area contributed by atoms with E-state index in [9.17, 15) is 9.59 Å². The van der Waals surface area contributed by atoms with Crippen LogP contribution in [-0.4, -0.2) is 18.4 Å². The SMILES string of the molecule is C=CCOc1ccc(C(=O)NNC(=O)c2cc(Cl)cc(Cl)c2)cc1. The lowest BCUT2D eigenvalue weighted by Gasteiger charge is -2.09. The number of rotatable bonds is 5. The smallest absolute Gasteiger partial charge is 0.269 e. The fourth-order valence-corrected chi connectivity index (χ4v) is 2.33. The van der Waals surface area contributed by atoms with E-state index in [4.69, 9.17) is 27.9 Å². The van der Waals surface area contributed by atoms with Crippen LogP contribution in [0.5, 0.6) is 5.75 Å². The van der Waals surface area contributed by atoms with Gasteiger partial charge in [-0.25, -0.2) is 0 Å². The third-order valence-corrected chi connectivity index (χ3v) is 3.34. The number of hydrogen-bond acceptors (Lipinski definition) is 3. The zero-order valence-corrected chi connectivity index (χ0v) is 14.0. The van der Waals surface area contributed by atoms with Crippen molar-refractivity contribution in [2.75, 3.05) is 6.61 Å². The maximum atomic E-state index is 12.0. The molecule has 0 aliphatic heterocycles. The largest absolute Gasteiger partial charge is 0.490 e. The molecule has 2 aromatic carbocycles. The summed E-state index contributed by atoms with van der Waals surface area (Å²) in [6, 6.07) is 10.9. The summed E-state index contributed by atoms with van der Waals surface area (Å²) in [6.07, 6.45) is 1.62. The first-order chi connectivity index (χ1) is 11.5. The molecular weight excluding hydrogens is 351 g/mol. The number of ether oxygens (including phenoxy) is 1. The van der Waals surface area contributed by atoms with Gasteiger partial charge in [0.05, 0.1) is 0 Å². The molecule has 2 rings (SSSR count). The Morgan fingerprint density at radius 3 is 2.04 bits per heavy atom. The quantitative estimate of drug-likeness (QED) is 0.628. The first kappa shape index (κ1) is 17.8. The van der Waals surface area contributed by atoms with Gasteiger partial charge in [0, 0.05) is 21.2 Å². The molecule has 0 heterocycles. The molecule has 2 aromatic rings. The van der Waals surface area contributed by atoms with Crippen LogP contribution in [0.25, 0.3) is 0 Å². The normalized spacial score (nSPS) is 9.92. The molecule has 24 heavy (non-hydrogen) atoms. The molecule has 0 saturated carbocycles. The molecule has 0 spiro atoms. The number of halogens is 2. The molecule has 0 aliphatic rings. The Morgan fingerprint density at radius 1 is 0.958 bits per heavy atom. The van der Waals surface area contributed by atoms with E-state index in [0.29, 0.717) is 28.0 Å². The van der Waals surface area contributed by atoms with E-state index in [-0.39, 0.29) is 5.56 Å². The first-order valence-corrected chi connectivity index (χ1v) is 7.65. The second-order valence-electron chi connectivity index (χ2n) is 4.69. The van der Waals surface area contributed by atoms with E-state index in [2.05, 4.69) is 17.4 Å². The van der Waals surface area contributed by atoms with Crippen molar-refractivity contribution in [1.82, 2.24) is 10.9 Å². The summed E-state index contributed by atoms with van der Waals surface area (Å²) >= 11 is 11.7. The van der Waals surface area contributed by atoms with Crippen LogP contribution in [0.2, 0.25) is 10.0 Å². The summed E-state index contributed by atoms with van der Waals surface area (Å²) in [7, 11) is 0. The maximum absolute atomic E-state index is 12.0. The number of nitrogens with one attached hydrogen (secondary N) is 2. The maximum Gasteiger partial charge on any atom is 0.269 e. The second-order valence-corrected chi connectivity index (χ2v) is 5.56. The minimum absolute atomic E-state index is 0.237. The zero-order chi connectivity index (χ0) is 17.5. The Kier molecular flexibility index (Phi) is 6.23. The van der Waals surface area contributed by atoms with E-state index in [1.54, 1.807) is 30.3 Å². The van der Waals surface area contributed by atoms with Crippen molar-refractivity contribution < 1.29 is 14.3 Å². The highest BCUT2D eigenvalue weighted by atomic mass is 35.5. The molecule has 2 N–H and O–H groups in total. The molecular formula is C17H14Cl2N2O3. The highest BCUT2D eigenvalue weighted by molar-refractivity contribution is 6.35. The molecule has 7 heteroatoms. The second kappa shape index (κ2) is 8.38. The van der Waals surface area contributed by atoms with E-state index in [1.807, 2.05) is 0 Å².